The molecule has 6 nitrogen and oxygen atoms in total. The number of allylic oxidation sites excluding steroid dienone is 12. The zero-order valence-corrected chi connectivity index (χ0v) is 40.7. The van der Waals surface area contributed by atoms with Crippen LogP contribution in [-0.4, -0.2) is 46.9 Å². The van der Waals surface area contributed by atoms with Crippen LogP contribution in [0.1, 0.15) is 245 Å². The fraction of sp³-hybridized carbons (Fsp3) is 0.750. The Labute approximate surface area is 383 Å². The molecule has 0 heterocycles. The van der Waals surface area contributed by atoms with Crippen molar-refractivity contribution in [3.05, 3.63) is 72.9 Å². The molecule has 0 fully saturated rings. The van der Waals surface area contributed by atoms with Gasteiger partial charge in [-0.1, -0.05) is 209 Å². The second-order valence-electron chi connectivity index (χ2n) is 17.5. The van der Waals surface area contributed by atoms with E-state index in [1.807, 2.05) is 0 Å². The molecule has 0 radical (unpaired) electrons. The minimum absolute atomic E-state index is 0.0439. The number of nitrogens with one attached hydrogen (secondary N) is 1. The molecule has 1 amide bonds. The normalized spacial score (nSPS) is 13.8. The van der Waals surface area contributed by atoms with E-state index in [-0.39, 0.29) is 24.9 Å². The monoisotopic (exact) mass is 866 g/mol. The molecule has 3 N–H and O–H groups in total. The molecule has 0 saturated heterocycles. The Hall–Kier alpha value is -2.70. The molecule has 0 saturated carbocycles. The largest absolute Gasteiger partial charge is 0.462 e. The SMILES string of the molecule is CC/C=C/C/C=C/C/C=C/CCCCCCCCC(=O)OC(CCCC/C=C\C/C=C\C/C=C\CCCCC)CC(=O)NC(CO)C(O)CCCCCCCCCCCCCC. The number of carbonyl (C=O) groups excluding carboxylic acids is 2. The van der Waals surface area contributed by atoms with Crippen LogP contribution >= 0.6 is 0 Å². The molecular weight excluding hydrogens is 767 g/mol. The minimum atomic E-state index is -0.802. The summed E-state index contributed by atoms with van der Waals surface area (Å²) < 4.78 is 5.92. The molecule has 62 heavy (non-hydrogen) atoms. The van der Waals surface area contributed by atoms with Crippen molar-refractivity contribution < 1.29 is 24.5 Å². The van der Waals surface area contributed by atoms with E-state index in [0.29, 0.717) is 19.3 Å². The molecule has 0 bridgehead atoms. The number of rotatable bonds is 46. The highest BCUT2D eigenvalue weighted by molar-refractivity contribution is 5.77. The fourth-order valence-corrected chi connectivity index (χ4v) is 7.57. The van der Waals surface area contributed by atoms with Gasteiger partial charge in [-0.3, -0.25) is 9.59 Å². The quantitative estimate of drug-likeness (QED) is 0.0322. The number of carbonyl (C=O) groups is 2. The van der Waals surface area contributed by atoms with Crippen LogP contribution in [0, 0.1) is 0 Å². The van der Waals surface area contributed by atoms with Crippen molar-refractivity contribution in [2.75, 3.05) is 6.61 Å². The third kappa shape index (κ3) is 43.9. The Balaban J connectivity index is 4.68. The predicted octanol–water partition coefficient (Wildman–Crippen LogP) is 15.8. The van der Waals surface area contributed by atoms with Gasteiger partial charge in [0.25, 0.3) is 0 Å². The van der Waals surface area contributed by atoms with Crippen LogP contribution in [0.5, 0.6) is 0 Å². The van der Waals surface area contributed by atoms with Crippen molar-refractivity contribution in [1.29, 1.82) is 0 Å². The molecule has 3 atom stereocenters. The van der Waals surface area contributed by atoms with Gasteiger partial charge in [0.2, 0.25) is 5.91 Å². The summed E-state index contributed by atoms with van der Waals surface area (Å²) in [6, 6.07) is -0.719. The van der Waals surface area contributed by atoms with Crippen molar-refractivity contribution in [3.8, 4) is 0 Å². The lowest BCUT2D eigenvalue weighted by Crippen LogP contribution is -2.46. The van der Waals surface area contributed by atoms with Gasteiger partial charge >= 0.3 is 5.97 Å². The van der Waals surface area contributed by atoms with Crippen LogP contribution in [-0.2, 0) is 14.3 Å². The molecule has 0 aromatic rings. The van der Waals surface area contributed by atoms with Crippen molar-refractivity contribution in [1.82, 2.24) is 5.32 Å². The number of aliphatic hydroxyl groups excluding tert-OH is 2. The highest BCUT2D eigenvalue weighted by Gasteiger charge is 2.24. The average Bonchev–Trinajstić information content (AvgIpc) is 3.26. The number of unbranched alkanes of at least 4 members (excludes halogenated alkanes) is 22. The molecule has 0 aliphatic carbocycles. The Morgan fingerprint density at radius 1 is 0.484 bits per heavy atom. The van der Waals surface area contributed by atoms with Gasteiger partial charge < -0.3 is 20.3 Å². The molecule has 0 aromatic heterocycles. The van der Waals surface area contributed by atoms with Gasteiger partial charge in [0.15, 0.2) is 0 Å². The summed E-state index contributed by atoms with van der Waals surface area (Å²) in [5, 5.41) is 23.8. The molecule has 0 aliphatic heterocycles. The molecule has 0 aliphatic rings. The van der Waals surface area contributed by atoms with Crippen molar-refractivity contribution in [2.45, 2.75) is 264 Å². The van der Waals surface area contributed by atoms with Gasteiger partial charge in [0.05, 0.1) is 25.2 Å². The predicted molar refractivity (Wildman–Crippen MR) is 268 cm³/mol. The van der Waals surface area contributed by atoms with E-state index in [4.69, 9.17) is 4.74 Å². The fourth-order valence-electron chi connectivity index (χ4n) is 7.57. The second-order valence-corrected chi connectivity index (χ2v) is 17.5. The highest BCUT2D eigenvalue weighted by Crippen LogP contribution is 2.17. The number of hydrogen-bond donors (Lipinski definition) is 3. The Bertz CT molecular complexity index is 1150. The van der Waals surface area contributed by atoms with Gasteiger partial charge in [-0.2, -0.15) is 0 Å². The van der Waals surface area contributed by atoms with Crippen LogP contribution in [0.15, 0.2) is 72.9 Å². The van der Waals surface area contributed by atoms with Gasteiger partial charge in [-0.15, -0.1) is 0 Å². The van der Waals surface area contributed by atoms with Crippen LogP contribution in [0.4, 0.5) is 0 Å². The zero-order valence-electron chi connectivity index (χ0n) is 40.7. The highest BCUT2D eigenvalue weighted by atomic mass is 16.5. The molecule has 0 rings (SSSR count). The first-order valence-electron chi connectivity index (χ1n) is 26.2. The van der Waals surface area contributed by atoms with E-state index in [9.17, 15) is 19.8 Å². The molecule has 6 heteroatoms. The standard InChI is InChI=1S/C56H99NO5/c1-4-7-10-13-16-19-22-25-27-29-31-34-37-40-43-46-49-56(61)62-52(47-44-41-38-35-32-30-28-26-23-20-17-14-11-8-5-2)50-55(60)57-53(51-58)54(59)48-45-42-39-36-33-24-21-18-15-12-9-6-3/h7,10,16-17,19-20,25-28,32,35,52-54,58-59H,4-6,8-9,11-15,18,21-24,29-31,33-34,36-51H2,1-3H3,(H,57,60)/b10-7+,19-16+,20-17-,27-25+,28-26-,35-32-. The van der Waals surface area contributed by atoms with Crippen LogP contribution in [0.3, 0.4) is 0 Å². The van der Waals surface area contributed by atoms with Crippen molar-refractivity contribution >= 4 is 11.9 Å². The molecular formula is C56H99NO5. The third-order valence-electron chi connectivity index (χ3n) is 11.5. The first-order valence-corrected chi connectivity index (χ1v) is 26.2. The summed E-state index contributed by atoms with van der Waals surface area (Å²) in [4.78, 5) is 26.2. The maximum Gasteiger partial charge on any atom is 0.306 e. The molecule has 358 valence electrons. The zero-order chi connectivity index (χ0) is 45.2. The lowest BCUT2D eigenvalue weighted by atomic mass is 10.0. The number of ether oxygens (including phenoxy) is 1. The van der Waals surface area contributed by atoms with Gasteiger partial charge in [0, 0.05) is 6.42 Å². The summed E-state index contributed by atoms with van der Waals surface area (Å²) in [5.74, 6) is -0.527. The number of esters is 1. The Morgan fingerprint density at radius 2 is 0.871 bits per heavy atom. The maximum atomic E-state index is 13.2. The summed E-state index contributed by atoms with van der Waals surface area (Å²) in [6.45, 7) is 6.33. The maximum absolute atomic E-state index is 13.2. The minimum Gasteiger partial charge on any atom is -0.462 e. The summed E-state index contributed by atoms with van der Waals surface area (Å²) in [7, 11) is 0. The summed E-state index contributed by atoms with van der Waals surface area (Å²) >= 11 is 0. The van der Waals surface area contributed by atoms with E-state index in [1.165, 1.54) is 103 Å². The number of aliphatic hydroxyl groups is 2. The van der Waals surface area contributed by atoms with Crippen LogP contribution in [0.25, 0.3) is 0 Å². The molecule has 0 aromatic carbocycles. The topological polar surface area (TPSA) is 95.9 Å². The van der Waals surface area contributed by atoms with Crippen molar-refractivity contribution in [2.24, 2.45) is 0 Å². The van der Waals surface area contributed by atoms with Gasteiger partial charge in [0.1, 0.15) is 6.10 Å². The van der Waals surface area contributed by atoms with Crippen LogP contribution < -0.4 is 5.32 Å². The summed E-state index contributed by atoms with van der Waals surface area (Å²) in [5.41, 5.74) is 0. The first-order chi connectivity index (χ1) is 30.5. The van der Waals surface area contributed by atoms with E-state index in [0.717, 1.165) is 96.3 Å². The average molecular weight is 866 g/mol. The smallest absolute Gasteiger partial charge is 0.306 e. The summed E-state index contributed by atoms with van der Waals surface area (Å²) in [6.07, 6.45) is 62.4. The van der Waals surface area contributed by atoms with E-state index in [1.54, 1.807) is 0 Å². The number of amides is 1. The van der Waals surface area contributed by atoms with Crippen LogP contribution in [0.2, 0.25) is 0 Å². The van der Waals surface area contributed by atoms with Crippen molar-refractivity contribution in [3.63, 3.8) is 0 Å². The lowest BCUT2D eigenvalue weighted by molar-refractivity contribution is -0.151. The molecule has 0 spiro atoms. The first kappa shape index (κ1) is 59.3. The molecule has 3 unspecified atom stereocenters. The Kier molecular flexibility index (Phi) is 47.2. The van der Waals surface area contributed by atoms with Gasteiger partial charge in [-0.05, 0) is 96.3 Å². The van der Waals surface area contributed by atoms with E-state index in [2.05, 4.69) is 99.0 Å². The Morgan fingerprint density at radius 3 is 1.37 bits per heavy atom. The lowest BCUT2D eigenvalue weighted by Gasteiger charge is -2.24. The second kappa shape index (κ2) is 49.3. The van der Waals surface area contributed by atoms with Gasteiger partial charge in [-0.25, -0.2) is 0 Å². The number of hydrogen-bond acceptors (Lipinski definition) is 5. The van der Waals surface area contributed by atoms with E-state index >= 15 is 0 Å². The third-order valence-corrected chi connectivity index (χ3v) is 11.5. The van der Waals surface area contributed by atoms with E-state index < -0.39 is 18.2 Å².